The molecule has 5 nitrogen and oxygen atoms in total. The van der Waals surface area contributed by atoms with Crippen molar-refractivity contribution in [1.82, 2.24) is 0 Å². The molecule has 0 aliphatic heterocycles. The van der Waals surface area contributed by atoms with E-state index in [1.165, 1.54) is 12.1 Å². The number of hydrogen-bond donors (Lipinski definition) is 1. The number of aliphatic carboxylic acids is 1. The van der Waals surface area contributed by atoms with E-state index in [1.54, 1.807) is 13.0 Å². The first-order valence-electron chi connectivity index (χ1n) is 6.50. The molecular weight excluding hydrogens is 270 g/mol. The van der Waals surface area contributed by atoms with E-state index in [2.05, 4.69) is 0 Å². The van der Waals surface area contributed by atoms with Crippen LogP contribution in [-0.2, 0) is 11.2 Å². The van der Waals surface area contributed by atoms with Crippen LogP contribution in [0.15, 0.2) is 48.5 Å². The number of carboxylic acids is 1. The molecule has 2 aromatic carbocycles. The maximum Gasteiger partial charge on any atom is 0.311 e. The van der Waals surface area contributed by atoms with Crippen molar-refractivity contribution in [1.29, 1.82) is 0 Å². The van der Waals surface area contributed by atoms with E-state index in [9.17, 15) is 20.0 Å². The van der Waals surface area contributed by atoms with Crippen LogP contribution in [0.3, 0.4) is 0 Å². The van der Waals surface area contributed by atoms with E-state index in [4.69, 9.17) is 0 Å². The van der Waals surface area contributed by atoms with Gasteiger partial charge in [-0.3, -0.25) is 14.9 Å². The van der Waals surface area contributed by atoms with Gasteiger partial charge in [0.2, 0.25) is 0 Å². The van der Waals surface area contributed by atoms with Crippen molar-refractivity contribution < 1.29 is 14.8 Å². The fourth-order valence-electron chi connectivity index (χ4n) is 2.29. The zero-order valence-corrected chi connectivity index (χ0v) is 11.5. The number of nitrogens with zero attached hydrogens (tertiary/aromatic N) is 1. The number of hydrogen-bond acceptors (Lipinski definition) is 3. The standard InChI is InChI=1S/C16H15NO4/c1-11-7-8-13(15(9-11)17(20)21)14(16(18)19)10-12-5-3-2-4-6-12/h2-9,14H,10H2,1H3,(H,18,19). The Morgan fingerprint density at radius 3 is 2.48 bits per heavy atom. The van der Waals surface area contributed by atoms with Crippen molar-refractivity contribution in [3.05, 3.63) is 75.3 Å². The summed E-state index contributed by atoms with van der Waals surface area (Å²) in [5, 5.41) is 20.6. The molecule has 0 amide bonds. The lowest BCUT2D eigenvalue weighted by atomic mass is 9.90. The number of carbonyl (C=O) groups is 1. The van der Waals surface area contributed by atoms with Crippen LogP contribution in [0.5, 0.6) is 0 Å². The molecule has 5 heteroatoms. The van der Waals surface area contributed by atoms with Gasteiger partial charge >= 0.3 is 5.97 Å². The molecule has 1 atom stereocenters. The summed E-state index contributed by atoms with van der Waals surface area (Å²) in [6.45, 7) is 1.74. The Hall–Kier alpha value is -2.69. The summed E-state index contributed by atoms with van der Waals surface area (Å²) >= 11 is 0. The molecule has 0 radical (unpaired) electrons. The van der Waals surface area contributed by atoms with E-state index < -0.39 is 16.8 Å². The summed E-state index contributed by atoms with van der Waals surface area (Å²) in [6, 6.07) is 13.8. The Labute approximate surface area is 122 Å². The second-order valence-electron chi connectivity index (χ2n) is 4.90. The topological polar surface area (TPSA) is 80.4 Å². The van der Waals surface area contributed by atoms with E-state index in [0.29, 0.717) is 0 Å². The lowest BCUT2D eigenvalue weighted by Gasteiger charge is -2.13. The lowest BCUT2D eigenvalue weighted by molar-refractivity contribution is -0.385. The molecule has 0 aromatic heterocycles. The third kappa shape index (κ3) is 3.45. The normalized spacial score (nSPS) is 11.9. The summed E-state index contributed by atoms with van der Waals surface area (Å²) in [5.41, 5.74) is 1.66. The fourth-order valence-corrected chi connectivity index (χ4v) is 2.29. The Bertz CT molecular complexity index is 667. The van der Waals surface area contributed by atoms with Crippen molar-refractivity contribution in [3.8, 4) is 0 Å². The van der Waals surface area contributed by atoms with Gasteiger partial charge in [0.1, 0.15) is 0 Å². The minimum Gasteiger partial charge on any atom is -0.481 e. The number of aryl methyl sites for hydroxylation is 1. The molecule has 108 valence electrons. The fraction of sp³-hybridized carbons (Fsp3) is 0.188. The van der Waals surface area contributed by atoms with Crippen molar-refractivity contribution in [3.63, 3.8) is 0 Å². The van der Waals surface area contributed by atoms with Crippen LogP contribution in [-0.4, -0.2) is 16.0 Å². The van der Waals surface area contributed by atoms with Gasteiger partial charge in [0.15, 0.2) is 0 Å². The highest BCUT2D eigenvalue weighted by atomic mass is 16.6. The molecule has 0 heterocycles. The third-order valence-corrected chi connectivity index (χ3v) is 3.34. The quantitative estimate of drug-likeness (QED) is 0.675. The lowest BCUT2D eigenvalue weighted by Crippen LogP contribution is -2.16. The number of rotatable bonds is 5. The van der Waals surface area contributed by atoms with Crippen molar-refractivity contribution in [2.75, 3.05) is 0 Å². The van der Waals surface area contributed by atoms with E-state index in [-0.39, 0.29) is 17.7 Å². The predicted octanol–water partition coefficient (Wildman–Crippen LogP) is 3.31. The highest BCUT2D eigenvalue weighted by Gasteiger charge is 2.28. The molecule has 0 saturated carbocycles. The van der Waals surface area contributed by atoms with Gasteiger partial charge in [0.25, 0.3) is 5.69 Å². The zero-order chi connectivity index (χ0) is 15.4. The van der Waals surface area contributed by atoms with E-state index >= 15 is 0 Å². The van der Waals surface area contributed by atoms with E-state index in [0.717, 1.165) is 11.1 Å². The van der Waals surface area contributed by atoms with Crippen LogP contribution in [0.1, 0.15) is 22.6 Å². The highest BCUT2D eigenvalue weighted by Crippen LogP contribution is 2.30. The van der Waals surface area contributed by atoms with Gasteiger partial charge in [-0.05, 0) is 24.5 Å². The largest absolute Gasteiger partial charge is 0.481 e. The molecule has 1 unspecified atom stereocenters. The SMILES string of the molecule is Cc1ccc(C(Cc2ccccc2)C(=O)O)c([N+](=O)[O-])c1. The van der Waals surface area contributed by atoms with Crippen LogP contribution in [0, 0.1) is 17.0 Å². The van der Waals surface area contributed by atoms with Crippen molar-refractivity contribution >= 4 is 11.7 Å². The maximum atomic E-state index is 11.5. The molecule has 1 N–H and O–H groups in total. The van der Waals surface area contributed by atoms with Gasteiger partial charge in [-0.2, -0.15) is 0 Å². The monoisotopic (exact) mass is 285 g/mol. The van der Waals surface area contributed by atoms with Crippen LogP contribution in [0.4, 0.5) is 5.69 Å². The first-order chi connectivity index (χ1) is 9.99. The molecule has 2 aromatic rings. The number of benzene rings is 2. The van der Waals surface area contributed by atoms with Crippen molar-refractivity contribution in [2.24, 2.45) is 0 Å². The summed E-state index contributed by atoms with van der Waals surface area (Å²) < 4.78 is 0. The Balaban J connectivity index is 2.44. The molecule has 0 aliphatic rings. The Kier molecular flexibility index (Phi) is 4.33. The third-order valence-electron chi connectivity index (χ3n) is 3.34. The minimum atomic E-state index is -1.06. The summed E-state index contributed by atoms with van der Waals surface area (Å²) in [5.74, 6) is -2.00. The van der Waals surface area contributed by atoms with Crippen molar-refractivity contribution in [2.45, 2.75) is 19.3 Å². The summed E-state index contributed by atoms with van der Waals surface area (Å²) in [6.07, 6.45) is 0.222. The van der Waals surface area contributed by atoms with Gasteiger partial charge in [0.05, 0.1) is 10.8 Å². The minimum absolute atomic E-state index is 0.140. The second kappa shape index (κ2) is 6.17. The van der Waals surface area contributed by atoms with Crippen LogP contribution < -0.4 is 0 Å². The molecule has 0 fully saturated rings. The number of carboxylic acid groups (broad SMARTS) is 1. The predicted molar refractivity (Wildman–Crippen MR) is 78.4 cm³/mol. The Morgan fingerprint density at radius 2 is 1.90 bits per heavy atom. The summed E-state index contributed by atoms with van der Waals surface area (Å²) in [4.78, 5) is 22.2. The first-order valence-corrected chi connectivity index (χ1v) is 6.50. The zero-order valence-electron chi connectivity index (χ0n) is 11.5. The maximum absolute atomic E-state index is 11.5. The molecule has 0 spiro atoms. The smallest absolute Gasteiger partial charge is 0.311 e. The highest BCUT2D eigenvalue weighted by molar-refractivity contribution is 5.78. The number of nitro benzene ring substituents is 1. The van der Waals surface area contributed by atoms with Gasteiger partial charge in [-0.15, -0.1) is 0 Å². The first kappa shape index (κ1) is 14.7. The molecule has 0 saturated heterocycles. The average molecular weight is 285 g/mol. The molecule has 0 aliphatic carbocycles. The second-order valence-corrected chi connectivity index (χ2v) is 4.90. The van der Waals surface area contributed by atoms with Gasteiger partial charge in [0, 0.05) is 11.6 Å². The van der Waals surface area contributed by atoms with Gasteiger partial charge in [-0.1, -0.05) is 42.5 Å². The molecule has 2 rings (SSSR count). The Morgan fingerprint density at radius 1 is 1.24 bits per heavy atom. The molecule has 21 heavy (non-hydrogen) atoms. The molecular formula is C16H15NO4. The average Bonchev–Trinajstić information content (AvgIpc) is 2.46. The van der Waals surface area contributed by atoms with Crippen LogP contribution >= 0.6 is 0 Å². The van der Waals surface area contributed by atoms with Gasteiger partial charge < -0.3 is 5.11 Å². The van der Waals surface area contributed by atoms with Crippen LogP contribution in [0.25, 0.3) is 0 Å². The van der Waals surface area contributed by atoms with Crippen LogP contribution in [0.2, 0.25) is 0 Å². The summed E-state index contributed by atoms with van der Waals surface area (Å²) in [7, 11) is 0. The van der Waals surface area contributed by atoms with E-state index in [1.807, 2.05) is 30.3 Å². The van der Waals surface area contributed by atoms with Gasteiger partial charge in [-0.25, -0.2) is 0 Å². The molecule has 0 bridgehead atoms. The number of nitro groups is 1.